The quantitative estimate of drug-likeness (QED) is 0.600. The fourth-order valence-electron chi connectivity index (χ4n) is 4.54. The van der Waals surface area contributed by atoms with Crippen LogP contribution in [0.15, 0.2) is 36.4 Å². The largest absolute Gasteiger partial charge is 0.323 e. The first kappa shape index (κ1) is 18.7. The molecule has 0 amide bonds. The molecule has 0 spiro atoms. The van der Waals surface area contributed by atoms with Gasteiger partial charge in [-0.1, -0.05) is 50.2 Å². The number of benzene rings is 2. The lowest BCUT2D eigenvalue weighted by atomic mass is 9.94. The highest BCUT2D eigenvalue weighted by Gasteiger charge is 2.62. The Kier molecular flexibility index (Phi) is 4.49. The zero-order chi connectivity index (χ0) is 19.4. The third-order valence-corrected chi connectivity index (χ3v) is 6.22. The van der Waals surface area contributed by atoms with E-state index in [0.717, 1.165) is 10.9 Å². The smallest absolute Gasteiger partial charge is 0.291 e. The van der Waals surface area contributed by atoms with E-state index < -0.39 is 24.9 Å². The first-order valence-electron chi connectivity index (χ1n) is 9.68. The third-order valence-electron chi connectivity index (χ3n) is 6.22. The van der Waals surface area contributed by atoms with Crippen LogP contribution in [-0.2, 0) is 6.42 Å². The number of hydrogen-bond acceptors (Lipinski definition) is 1. The predicted molar refractivity (Wildman–Crippen MR) is 99.7 cm³/mol. The van der Waals surface area contributed by atoms with Gasteiger partial charge in [-0.15, -0.1) is 0 Å². The summed E-state index contributed by atoms with van der Waals surface area (Å²) in [6.07, 6.45) is 1.70. The van der Waals surface area contributed by atoms with Crippen molar-refractivity contribution >= 4 is 10.8 Å². The van der Waals surface area contributed by atoms with Crippen molar-refractivity contribution in [3.63, 3.8) is 0 Å². The number of halogens is 4. The summed E-state index contributed by atoms with van der Waals surface area (Å²) in [6.45, 7) is 2.99. The first-order valence-corrected chi connectivity index (χ1v) is 9.68. The van der Waals surface area contributed by atoms with Gasteiger partial charge in [0.25, 0.3) is 0 Å². The lowest BCUT2D eigenvalue weighted by Gasteiger charge is -2.16. The van der Waals surface area contributed by atoms with Gasteiger partial charge in [0.15, 0.2) is 0 Å². The molecule has 146 valence electrons. The highest BCUT2D eigenvalue weighted by atomic mass is 19.3. The Bertz CT molecular complexity index is 829. The Morgan fingerprint density at radius 2 is 1.59 bits per heavy atom. The first-order chi connectivity index (χ1) is 12.7. The molecule has 2 aromatic carbocycles. The number of fused-ring (bicyclic) bond motifs is 1. The molecule has 1 aliphatic heterocycles. The minimum atomic E-state index is -3.93. The van der Waals surface area contributed by atoms with Gasteiger partial charge in [0.1, 0.15) is 0 Å². The monoisotopic (exact) mass is 379 g/mol. The van der Waals surface area contributed by atoms with Crippen LogP contribution >= 0.6 is 0 Å². The third kappa shape index (κ3) is 3.35. The minimum Gasteiger partial charge on any atom is -0.291 e. The van der Waals surface area contributed by atoms with E-state index in [0.29, 0.717) is 24.2 Å². The van der Waals surface area contributed by atoms with Crippen LogP contribution in [-0.4, -0.2) is 36.4 Å². The van der Waals surface area contributed by atoms with Crippen molar-refractivity contribution in [3.8, 4) is 0 Å². The van der Waals surface area contributed by atoms with Crippen molar-refractivity contribution < 1.29 is 17.6 Å². The number of nitrogens with zero attached hydrogens (tertiary/aromatic N) is 1. The Labute approximate surface area is 157 Å². The maximum atomic E-state index is 13.4. The molecule has 1 nitrogen and oxygen atoms in total. The second-order valence-electron chi connectivity index (χ2n) is 8.48. The zero-order valence-electron chi connectivity index (χ0n) is 15.7. The fourth-order valence-corrected chi connectivity index (χ4v) is 4.54. The molecule has 2 fully saturated rings. The Morgan fingerprint density at radius 3 is 2.22 bits per heavy atom. The van der Waals surface area contributed by atoms with E-state index in [-0.39, 0.29) is 6.54 Å². The highest BCUT2D eigenvalue weighted by molar-refractivity contribution is 5.89. The number of hydrogen-bond donors (Lipinski definition) is 0. The number of alkyl halides is 4. The van der Waals surface area contributed by atoms with Crippen molar-refractivity contribution in [2.45, 2.75) is 44.5 Å². The molecule has 2 atom stereocenters. The molecular formula is C22H25F4N. The van der Waals surface area contributed by atoms with Crippen molar-refractivity contribution in [1.82, 2.24) is 4.90 Å². The van der Waals surface area contributed by atoms with E-state index in [2.05, 4.69) is 32.0 Å². The zero-order valence-corrected chi connectivity index (χ0v) is 15.7. The summed E-state index contributed by atoms with van der Waals surface area (Å²) >= 11 is 0. The maximum Gasteiger partial charge on any atom is 0.323 e. The summed E-state index contributed by atoms with van der Waals surface area (Å²) in [5.41, 5.74) is 2.39. The molecule has 5 heteroatoms. The molecule has 1 saturated heterocycles. The lowest BCUT2D eigenvalue weighted by Crippen LogP contribution is -2.38. The Balaban J connectivity index is 1.54. The number of likely N-dealkylation sites (tertiary alicyclic amines) is 1. The summed E-state index contributed by atoms with van der Waals surface area (Å²) in [5.74, 6) is -5.91. The maximum absolute atomic E-state index is 13.4. The van der Waals surface area contributed by atoms with Crippen molar-refractivity contribution in [1.29, 1.82) is 0 Å². The lowest BCUT2D eigenvalue weighted by molar-refractivity contribution is -0.172. The molecule has 0 bridgehead atoms. The predicted octanol–water partition coefficient (Wildman–Crippen LogP) is 5.73. The molecule has 27 heavy (non-hydrogen) atoms. The standard InChI is InChI=1S/C22H25F4N/c1-14(2)19-11-20(19)18-8-4-6-16-15(5-3-7-17(16)18)9-10-27-12-21(23,24)22(25,26)13-27/h3-8,14,19-20H,9-13H2,1-2H3/t19-,20-/m1/s1. The second-order valence-corrected chi connectivity index (χ2v) is 8.48. The SMILES string of the molecule is CC(C)[C@H]1C[C@@H]1c1cccc2c(CCN3CC(F)(F)C(F)(F)C3)cccc12. The van der Waals surface area contributed by atoms with Crippen LogP contribution in [0.4, 0.5) is 17.6 Å². The van der Waals surface area contributed by atoms with Crippen LogP contribution in [0.3, 0.4) is 0 Å². The molecule has 1 aliphatic carbocycles. The molecule has 0 N–H and O–H groups in total. The Hall–Kier alpha value is -1.62. The van der Waals surface area contributed by atoms with Gasteiger partial charge in [-0.2, -0.15) is 17.6 Å². The average molecular weight is 379 g/mol. The molecule has 0 aromatic heterocycles. The molecule has 0 unspecified atom stereocenters. The van der Waals surface area contributed by atoms with Gasteiger partial charge in [-0.25, -0.2) is 0 Å². The fraction of sp³-hybridized carbons (Fsp3) is 0.545. The van der Waals surface area contributed by atoms with E-state index >= 15 is 0 Å². The minimum absolute atomic E-state index is 0.215. The summed E-state index contributed by atoms with van der Waals surface area (Å²) in [7, 11) is 0. The van der Waals surface area contributed by atoms with Crippen LogP contribution in [0.1, 0.15) is 37.3 Å². The van der Waals surface area contributed by atoms with Gasteiger partial charge in [0, 0.05) is 6.54 Å². The molecule has 2 aliphatic rings. The topological polar surface area (TPSA) is 3.24 Å². The van der Waals surface area contributed by atoms with Crippen LogP contribution < -0.4 is 0 Å². The Morgan fingerprint density at radius 1 is 0.963 bits per heavy atom. The van der Waals surface area contributed by atoms with E-state index in [1.807, 2.05) is 18.2 Å². The van der Waals surface area contributed by atoms with Gasteiger partial charge in [-0.3, -0.25) is 4.90 Å². The summed E-state index contributed by atoms with van der Waals surface area (Å²) in [5, 5.41) is 2.32. The molecule has 0 radical (unpaired) electrons. The van der Waals surface area contributed by atoms with Crippen molar-refractivity contribution in [2.24, 2.45) is 11.8 Å². The van der Waals surface area contributed by atoms with Gasteiger partial charge >= 0.3 is 11.8 Å². The molecule has 1 saturated carbocycles. The van der Waals surface area contributed by atoms with Gasteiger partial charge in [0.05, 0.1) is 13.1 Å². The molecule has 4 rings (SSSR count). The van der Waals surface area contributed by atoms with Crippen LogP contribution in [0, 0.1) is 11.8 Å². The molecular weight excluding hydrogens is 354 g/mol. The van der Waals surface area contributed by atoms with Gasteiger partial charge in [0.2, 0.25) is 0 Å². The molecule has 2 aromatic rings. The van der Waals surface area contributed by atoms with Crippen LogP contribution in [0.5, 0.6) is 0 Å². The molecule has 1 heterocycles. The van der Waals surface area contributed by atoms with Crippen molar-refractivity contribution in [3.05, 3.63) is 47.5 Å². The second kappa shape index (κ2) is 6.47. The average Bonchev–Trinajstić information content (AvgIpc) is 3.35. The van der Waals surface area contributed by atoms with Gasteiger partial charge in [-0.05, 0) is 52.5 Å². The van der Waals surface area contributed by atoms with E-state index in [1.54, 1.807) is 0 Å². The summed E-state index contributed by atoms with van der Waals surface area (Å²) in [4.78, 5) is 1.18. The van der Waals surface area contributed by atoms with Crippen LogP contribution in [0.2, 0.25) is 0 Å². The van der Waals surface area contributed by atoms with E-state index in [9.17, 15) is 17.6 Å². The van der Waals surface area contributed by atoms with E-state index in [1.165, 1.54) is 22.3 Å². The van der Waals surface area contributed by atoms with Crippen LogP contribution in [0.25, 0.3) is 10.8 Å². The highest BCUT2D eigenvalue weighted by Crippen LogP contribution is 2.53. The normalized spacial score (nSPS) is 26.8. The number of rotatable bonds is 5. The van der Waals surface area contributed by atoms with Gasteiger partial charge < -0.3 is 0 Å². The van der Waals surface area contributed by atoms with E-state index in [4.69, 9.17) is 0 Å². The van der Waals surface area contributed by atoms with Crippen molar-refractivity contribution in [2.75, 3.05) is 19.6 Å². The summed E-state index contributed by atoms with van der Waals surface area (Å²) in [6, 6.07) is 12.4. The summed E-state index contributed by atoms with van der Waals surface area (Å²) < 4.78 is 53.6.